The van der Waals surface area contributed by atoms with Crippen LogP contribution in [0.4, 0.5) is 0 Å². The summed E-state index contributed by atoms with van der Waals surface area (Å²) in [7, 11) is 0. The number of carbonyl (C=O) groups is 1. The molecule has 5 nitrogen and oxygen atoms in total. The van der Waals surface area contributed by atoms with E-state index in [0.717, 1.165) is 31.2 Å². The van der Waals surface area contributed by atoms with E-state index in [1.165, 1.54) is 4.88 Å². The number of carbonyl (C=O) groups excluding carboxylic acids is 1. The van der Waals surface area contributed by atoms with Crippen LogP contribution in [0.3, 0.4) is 0 Å². The molecule has 0 spiro atoms. The molecule has 2 rings (SSSR count). The summed E-state index contributed by atoms with van der Waals surface area (Å²) < 4.78 is 0. The van der Waals surface area contributed by atoms with Crippen LogP contribution in [0.2, 0.25) is 0 Å². The van der Waals surface area contributed by atoms with Crippen LogP contribution in [0.5, 0.6) is 0 Å². The molecule has 2 heterocycles. The number of hydrogen-bond acceptors (Lipinski definition) is 5. The monoisotopic (exact) mass is 268 g/mol. The summed E-state index contributed by atoms with van der Waals surface area (Å²) >= 11 is 1.63. The molecule has 0 bridgehead atoms. The number of rotatable bonds is 4. The van der Waals surface area contributed by atoms with Gasteiger partial charge in [-0.3, -0.25) is 9.69 Å². The van der Waals surface area contributed by atoms with Gasteiger partial charge in [0.15, 0.2) is 0 Å². The molecule has 18 heavy (non-hydrogen) atoms. The van der Waals surface area contributed by atoms with E-state index < -0.39 is 0 Å². The van der Waals surface area contributed by atoms with E-state index in [0.29, 0.717) is 6.54 Å². The van der Waals surface area contributed by atoms with Gasteiger partial charge in [0.1, 0.15) is 5.01 Å². The summed E-state index contributed by atoms with van der Waals surface area (Å²) in [5.41, 5.74) is 0. The van der Waals surface area contributed by atoms with E-state index in [9.17, 15) is 4.79 Å². The summed E-state index contributed by atoms with van der Waals surface area (Å²) in [4.78, 5) is 19.6. The molecule has 0 aliphatic carbocycles. The number of hydrogen-bond donors (Lipinski definition) is 2. The number of thiazole rings is 1. The summed E-state index contributed by atoms with van der Waals surface area (Å²) in [6.45, 7) is 8.32. The Hall–Kier alpha value is -0.980. The highest BCUT2D eigenvalue weighted by Gasteiger charge is 2.22. The highest BCUT2D eigenvalue weighted by atomic mass is 32.1. The molecule has 0 saturated carbocycles. The maximum absolute atomic E-state index is 12.0. The third-order valence-corrected chi connectivity index (χ3v) is 4.07. The normalized spacial score (nSPS) is 18.6. The van der Waals surface area contributed by atoms with Gasteiger partial charge in [0.05, 0.1) is 12.6 Å². The highest BCUT2D eigenvalue weighted by Crippen LogP contribution is 2.10. The number of nitrogens with one attached hydrogen (secondary N) is 2. The Labute approximate surface area is 112 Å². The Morgan fingerprint density at radius 2 is 2.33 bits per heavy atom. The first-order valence-corrected chi connectivity index (χ1v) is 7.12. The molecule has 0 radical (unpaired) electrons. The molecule has 1 unspecified atom stereocenters. The Bertz CT molecular complexity index is 401. The minimum atomic E-state index is -0.0619. The van der Waals surface area contributed by atoms with Crippen LogP contribution in [0.1, 0.15) is 16.8 Å². The number of aromatic nitrogens is 1. The van der Waals surface area contributed by atoms with Crippen LogP contribution in [-0.4, -0.2) is 48.0 Å². The lowest BCUT2D eigenvalue weighted by Crippen LogP contribution is -2.52. The van der Waals surface area contributed by atoms with Crippen LogP contribution in [-0.2, 0) is 11.3 Å². The van der Waals surface area contributed by atoms with E-state index in [1.54, 1.807) is 11.3 Å². The largest absolute Gasteiger partial charge is 0.348 e. The third kappa shape index (κ3) is 3.51. The summed E-state index contributed by atoms with van der Waals surface area (Å²) in [6, 6.07) is -0.0619. The standard InChI is InChI=1S/C12H20N4OS/c1-9-7-14-11(18-9)8-15-12(17)10(2)16-5-3-13-4-6-16/h7,10,13H,3-6,8H2,1-2H3,(H,15,17). The molecule has 0 aromatic carbocycles. The fourth-order valence-corrected chi connectivity index (χ4v) is 2.76. The van der Waals surface area contributed by atoms with Gasteiger partial charge in [-0.25, -0.2) is 4.98 Å². The van der Waals surface area contributed by atoms with Crippen molar-refractivity contribution in [3.8, 4) is 0 Å². The van der Waals surface area contributed by atoms with Gasteiger partial charge in [-0.2, -0.15) is 0 Å². The van der Waals surface area contributed by atoms with Crippen LogP contribution in [0.25, 0.3) is 0 Å². The van der Waals surface area contributed by atoms with Crippen molar-refractivity contribution in [3.05, 3.63) is 16.1 Å². The molecule has 1 aromatic heterocycles. The zero-order valence-corrected chi connectivity index (χ0v) is 11.7. The first-order chi connectivity index (χ1) is 8.66. The van der Waals surface area contributed by atoms with Crippen molar-refractivity contribution in [1.82, 2.24) is 20.5 Å². The van der Waals surface area contributed by atoms with Gasteiger partial charge >= 0.3 is 0 Å². The van der Waals surface area contributed by atoms with Crippen molar-refractivity contribution < 1.29 is 4.79 Å². The van der Waals surface area contributed by atoms with Crippen molar-refractivity contribution >= 4 is 17.2 Å². The van der Waals surface area contributed by atoms with E-state index >= 15 is 0 Å². The zero-order chi connectivity index (χ0) is 13.0. The van der Waals surface area contributed by atoms with Crippen LogP contribution >= 0.6 is 11.3 Å². The quantitative estimate of drug-likeness (QED) is 0.828. The van der Waals surface area contributed by atoms with Gasteiger partial charge in [0.2, 0.25) is 5.91 Å². The van der Waals surface area contributed by atoms with Crippen LogP contribution < -0.4 is 10.6 Å². The second-order valence-corrected chi connectivity index (χ2v) is 5.86. The van der Waals surface area contributed by atoms with Crippen LogP contribution in [0, 0.1) is 6.92 Å². The van der Waals surface area contributed by atoms with E-state index in [1.807, 2.05) is 20.0 Å². The first-order valence-electron chi connectivity index (χ1n) is 6.30. The van der Waals surface area contributed by atoms with Crippen molar-refractivity contribution in [3.63, 3.8) is 0 Å². The molecule has 1 aromatic rings. The summed E-state index contributed by atoms with van der Waals surface area (Å²) in [5.74, 6) is 0.0877. The second kappa shape index (κ2) is 6.26. The summed E-state index contributed by atoms with van der Waals surface area (Å²) in [5, 5.41) is 7.21. The third-order valence-electron chi connectivity index (χ3n) is 3.16. The highest BCUT2D eigenvalue weighted by molar-refractivity contribution is 7.11. The Kier molecular flexibility index (Phi) is 4.68. The Morgan fingerprint density at radius 1 is 1.61 bits per heavy atom. The van der Waals surface area contributed by atoms with Crippen molar-refractivity contribution in [1.29, 1.82) is 0 Å². The fourth-order valence-electron chi connectivity index (χ4n) is 2.03. The predicted molar refractivity (Wildman–Crippen MR) is 72.6 cm³/mol. The van der Waals surface area contributed by atoms with Gasteiger partial charge < -0.3 is 10.6 Å². The molecule has 1 aliphatic rings. The average molecular weight is 268 g/mol. The molecule has 2 N–H and O–H groups in total. The topological polar surface area (TPSA) is 57.3 Å². The average Bonchev–Trinajstić information content (AvgIpc) is 2.82. The smallest absolute Gasteiger partial charge is 0.237 e. The Balaban J connectivity index is 1.79. The molecule has 100 valence electrons. The van der Waals surface area contributed by atoms with Gasteiger partial charge in [0, 0.05) is 37.3 Å². The second-order valence-electron chi connectivity index (χ2n) is 4.54. The SMILES string of the molecule is Cc1cnc(CNC(=O)C(C)N2CCNCC2)s1. The molecule has 1 aliphatic heterocycles. The summed E-state index contributed by atoms with van der Waals surface area (Å²) in [6.07, 6.45) is 1.84. The number of nitrogens with zero attached hydrogens (tertiary/aromatic N) is 2. The lowest BCUT2D eigenvalue weighted by Gasteiger charge is -2.31. The number of amides is 1. The molecule has 1 fully saturated rings. The maximum atomic E-state index is 12.0. The number of piperazine rings is 1. The van der Waals surface area contributed by atoms with Gasteiger partial charge in [-0.1, -0.05) is 0 Å². The minimum absolute atomic E-state index is 0.0619. The van der Waals surface area contributed by atoms with Crippen molar-refractivity contribution in [2.75, 3.05) is 26.2 Å². The Morgan fingerprint density at radius 3 is 2.94 bits per heavy atom. The molecule has 1 saturated heterocycles. The lowest BCUT2D eigenvalue weighted by atomic mass is 10.2. The lowest BCUT2D eigenvalue weighted by molar-refractivity contribution is -0.126. The first kappa shape index (κ1) is 13.5. The fraction of sp³-hybridized carbons (Fsp3) is 0.667. The number of aryl methyl sites for hydroxylation is 1. The maximum Gasteiger partial charge on any atom is 0.237 e. The molecular weight excluding hydrogens is 248 g/mol. The molecule has 1 atom stereocenters. The van der Waals surface area contributed by atoms with Crippen LogP contribution in [0.15, 0.2) is 6.20 Å². The molecule has 1 amide bonds. The van der Waals surface area contributed by atoms with Crippen molar-refractivity contribution in [2.24, 2.45) is 0 Å². The predicted octanol–water partition coefficient (Wildman–Crippen LogP) is 0.361. The van der Waals surface area contributed by atoms with Gasteiger partial charge in [0.25, 0.3) is 0 Å². The zero-order valence-electron chi connectivity index (χ0n) is 10.9. The van der Waals surface area contributed by atoms with Gasteiger partial charge in [-0.05, 0) is 13.8 Å². The van der Waals surface area contributed by atoms with E-state index in [2.05, 4.69) is 20.5 Å². The van der Waals surface area contributed by atoms with E-state index in [4.69, 9.17) is 0 Å². The van der Waals surface area contributed by atoms with Gasteiger partial charge in [-0.15, -0.1) is 11.3 Å². The molecular formula is C12H20N4OS. The van der Waals surface area contributed by atoms with E-state index in [-0.39, 0.29) is 11.9 Å². The minimum Gasteiger partial charge on any atom is -0.348 e. The molecule has 6 heteroatoms. The van der Waals surface area contributed by atoms with Crippen molar-refractivity contribution in [2.45, 2.75) is 26.4 Å².